The maximum Gasteiger partial charge on any atom is 0.165 e. The van der Waals surface area contributed by atoms with Gasteiger partial charge in [-0.15, -0.1) is 0 Å². The number of carbonyl (C=O) groups is 1. The Morgan fingerprint density at radius 2 is 1.77 bits per heavy atom. The Labute approximate surface area is 176 Å². The van der Waals surface area contributed by atoms with Crippen molar-refractivity contribution in [3.05, 3.63) is 89.3 Å². The van der Waals surface area contributed by atoms with Gasteiger partial charge >= 0.3 is 0 Å². The summed E-state index contributed by atoms with van der Waals surface area (Å²) in [5.74, 6) is 0.0890. The number of aromatic nitrogens is 2. The third-order valence-corrected chi connectivity index (χ3v) is 7.20. The van der Waals surface area contributed by atoms with E-state index in [-0.39, 0.29) is 23.0 Å². The van der Waals surface area contributed by atoms with Crippen LogP contribution in [0.25, 0.3) is 11.3 Å². The Balaban J connectivity index is 1.81. The number of benzene rings is 2. The average Bonchev–Trinajstić information content (AvgIpc) is 3.14. The molecule has 152 valence electrons. The first-order valence-corrected chi connectivity index (χ1v) is 10.6. The topological polar surface area (TPSA) is 55.1 Å². The Bertz CT molecular complexity index is 1130. The average molecular weight is 399 g/mol. The van der Waals surface area contributed by atoms with Gasteiger partial charge in [0.15, 0.2) is 5.78 Å². The van der Waals surface area contributed by atoms with Gasteiger partial charge in [-0.05, 0) is 30.7 Å². The summed E-state index contributed by atoms with van der Waals surface area (Å²) < 4.78 is 2.02. The number of hydrogen-bond acceptors (Lipinski definition) is 3. The first-order valence-electron chi connectivity index (χ1n) is 10.6. The lowest BCUT2D eigenvalue weighted by molar-refractivity contribution is -0.123. The van der Waals surface area contributed by atoms with Crippen LogP contribution in [0.15, 0.2) is 72.5 Å². The van der Waals surface area contributed by atoms with E-state index in [1.165, 1.54) is 16.8 Å². The molecule has 0 spiro atoms. The SMILES string of the molecule is CC1C(=O)C(=CO)CC2(c3ccccc3)c3c(c(-c4ccccc4)nn3C)CCC12. The first-order chi connectivity index (χ1) is 14.6. The number of aliphatic hydroxyl groups excluding tert-OH is 1. The fourth-order valence-electron chi connectivity index (χ4n) is 5.96. The molecule has 4 heteroatoms. The summed E-state index contributed by atoms with van der Waals surface area (Å²) >= 11 is 0. The third-order valence-electron chi connectivity index (χ3n) is 7.20. The van der Waals surface area contributed by atoms with Crippen molar-refractivity contribution in [1.29, 1.82) is 0 Å². The molecule has 3 atom stereocenters. The number of ketones is 1. The van der Waals surface area contributed by atoms with Crippen LogP contribution < -0.4 is 0 Å². The molecule has 1 aromatic heterocycles. The van der Waals surface area contributed by atoms with Gasteiger partial charge in [-0.2, -0.15) is 5.10 Å². The molecule has 3 unspecified atom stereocenters. The van der Waals surface area contributed by atoms with Gasteiger partial charge in [-0.1, -0.05) is 67.6 Å². The summed E-state index contributed by atoms with van der Waals surface area (Å²) in [6.45, 7) is 2.02. The maximum absolute atomic E-state index is 13.0. The van der Waals surface area contributed by atoms with Crippen molar-refractivity contribution >= 4 is 5.78 Å². The fraction of sp³-hybridized carbons (Fsp3) is 0.308. The van der Waals surface area contributed by atoms with Crippen molar-refractivity contribution < 1.29 is 9.90 Å². The number of hydrogen-bond donors (Lipinski definition) is 1. The summed E-state index contributed by atoms with van der Waals surface area (Å²) in [5.41, 5.74) is 5.92. The van der Waals surface area contributed by atoms with E-state index in [1.54, 1.807) is 0 Å². The summed E-state index contributed by atoms with van der Waals surface area (Å²) in [4.78, 5) is 13.0. The van der Waals surface area contributed by atoms with Gasteiger partial charge in [0.25, 0.3) is 0 Å². The van der Waals surface area contributed by atoms with Crippen LogP contribution in [0.5, 0.6) is 0 Å². The molecule has 0 radical (unpaired) electrons. The number of carbonyl (C=O) groups excluding carboxylic acids is 1. The predicted molar refractivity (Wildman–Crippen MR) is 117 cm³/mol. The standard InChI is InChI=1S/C26H26N2O2/c1-17-22-14-13-21-23(18-9-5-3-6-10-18)27-28(2)25(21)26(22,15-19(16-29)24(17)30)20-11-7-4-8-12-20/h3-12,16-17,22,29H,13-15H2,1-2H3. The van der Waals surface area contributed by atoms with Gasteiger partial charge in [0, 0.05) is 35.1 Å². The van der Waals surface area contributed by atoms with Crippen molar-refractivity contribution in [3.63, 3.8) is 0 Å². The molecule has 0 amide bonds. The van der Waals surface area contributed by atoms with Crippen LogP contribution in [0, 0.1) is 11.8 Å². The number of allylic oxidation sites excluding steroid dienone is 1. The van der Waals surface area contributed by atoms with E-state index < -0.39 is 0 Å². The van der Waals surface area contributed by atoms with Gasteiger partial charge in [0.2, 0.25) is 0 Å². The zero-order valence-electron chi connectivity index (χ0n) is 17.4. The van der Waals surface area contributed by atoms with E-state index in [0.29, 0.717) is 12.0 Å². The third kappa shape index (κ3) is 2.53. The Hall–Kier alpha value is -3.14. The molecule has 4 nitrogen and oxygen atoms in total. The molecule has 1 fully saturated rings. The van der Waals surface area contributed by atoms with E-state index in [0.717, 1.165) is 30.4 Å². The van der Waals surface area contributed by atoms with E-state index in [2.05, 4.69) is 36.4 Å². The second-order valence-electron chi connectivity index (χ2n) is 8.63. The molecule has 1 N–H and O–H groups in total. The van der Waals surface area contributed by atoms with Crippen molar-refractivity contribution in [1.82, 2.24) is 9.78 Å². The monoisotopic (exact) mass is 398 g/mol. The molecule has 0 bridgehead atoms. The molecule has 2 aliphatic carbocycles. The van der Waals surface area contributed by atoms with E-state index in [4.69, 9.17) is 5.10 Å². The highest BCUT2D eigenvalue weighted by Crippen LogP contribution is 2.57. The van der Waals surface area contributed by atoms with Crippen molar-refractivity contribution in [2.75, 3.05) is 0 Å². The van der Waals surface area contributed by atoms with Crippen LogP contribution in [-0.4, -0.2) is 20.7 Å². The van der Waals surface area contributed by atoms with Crippen LogP contribution >= 0.6 is 0 Å². The maximum atomic E-state index is 13.0. The minimum atomic E-state index is -0.383. The number of Topliss-reactive ketones (excluding diaryl/α,β-unsaturated/α-hetero) is 1. The Morgan fingerprint density at radius 3 is 2.43 bits per heavy atom. The predicted octanol–water partition coefficient (Wildman–Crippen LogP) is 4.99. The minimum absolute atomic E-state index is 0.0722. The summed E-state index contributed by atoms with van der Waals surface area (Å²) in [5, 5.41) is 14.9. The molecule has 1 heterocycles. The summed E-state index contributed by atoms with van der Waals surface area (Å²) in [7, 11) is 2.02. The van der Waals surface area contributed by atoms with Crippen molar-refractivity contribution in [2.24, 2.45) is 18.9 Å². The van der Waals surface area contributed by atoms with Gasteiger partial charge in [0.05, 0.1) is 17.6 Å². The number of fused-ring (bicyclic) bond motifs is 3. The van der Waals surface area contributed by atoms with E-state index in [1.807, 2.05) is 42.9 Å². The number of nitrogens with zero attached hydrogens (tertiary/aromatic N) is 2. The van der Waals surface area contributed by atoms with Crippen LogP contribution in [0.2, 0.25) is 0 Å². The van der Waals surface area contributed by atoms with Gasteiger partial charge in [0.1, 0.15) is 0 Å². The van der Waals surface area contributed by atoms with Gasteiger partial charge in [-0.3, -0.25) is 9.48 Å². The molecule has 2 aliphatic rings. The number of aliphatic hydroxyl groups is 1. The molecule has 30 heavy (non-hydrogen) atoms. The second-order valence-corrected chi connectivity index (χ2v) is 8.63. The molecular formula is C26H26N2O2. The van der Waals surface area contributed by atoms with Crippen LogP contribution in [0.3, 0.4) is 0 Å². The lowest BCUT2D eigenvalue weighted by Gasteiger charge is -2.50. The Morgan fingerprint density at radius 1 is 1.10 bits per heavy atom. The normalized spacial score (nSPS) is 27.0. The molecule has 1 saturated carbocycles. The van der Waals surface area contributed by atoms with E-state index in [9.17, 15) is 9.90 Å². The highest BCUT2D eigenvalue weighted by molar-refractivity contribution is 5.98. The minimum Gasteiger partial charge on any atom is -0.515 e. The second kappa shape index (κ2) is 6.98. The van der Waals surface area contributed by atoms with Crippen LogP contribution in [0.1, 0.15) is 36.6 Å². The molecular weight excluding hydrogens is 372 g/mol. The first kappa shape index (κ1) is 18.9. The van der Waals surface area contributed by atoms with E-state index >= 15 is 0 Å². The number of aryl methyl sites for hydroxylation is 1. The summed E-state index contributed by atoms with van der Waals surface area (Å²) in [6.07, 6.45) is 3.37. The van der Waals surface area contributed by atoms with Gasteiger partial charge < -0.3 is 5.11 Å². The quantitative estimate of drug-likeness (QED) is 0.489. The zero-order chi connectivity index (χ0) is 20.9. The Kier molecular flexibility index (Phi) is 4.39. The highest BCUT2D eigenvalue weighted by atomic mass is 16.2. The fourth-order valence-corrected chi connectivity index (χ4v) is 5.96. The molecule has 0 aliphatic heterocycles. The van der Waals surface area contributed by atoms with Crippen molar-refractivity contribution in [3.8, 4) is 11.3 Å². The molecule has 5 rings (SSSR count). The lowest BCUT2D eigenvalue weighted by atomic mass is 9.52. The lowest BCUT2D eigenvalue weighted by Crippen LogP contribution is -2.51. The zero-order valence-corrected chi connectivity index (χ0v) is 17.4. The largest absolute Gasteiger partial charge is 0.515 e. The molecule has 3 aromatic rings. The highest BCUT2D eigenvalue weighted by Gasteiger charge is 2.55. The molecule has 2 aromatic carbocycles. The number of rotatable bonds is 2. The smallest absolute Gasteiger partial charge is 0.165 e. The van der Waals surface area contributed by atoms with Crippen LogP contribution in [-0.2, 0) is 23.7 Å². The van der Waals surface area contributed by atoms with Gasteiger partial charge in [-0.25, -0.2) is 0 Å². The molecule has 0 saturated heterocycles. The van der Waals surface area contributed by atoms with Crippen molar-refractivity contribution in [2.45, 2.75) is 31.6 Å². The van der Waals surface area contributed by atoms with Crippen LogP contribution in [0.4, 0.5) is 0 Å². The summed E-state index contributed by atoms with van der Waals surface area (Å²) in [6, 6.07) is 20.8.